The summed E-state index contributed by atoms with van der Waals surface area (Å²) in [5.41, 5.74) is -1.66. The summed E-state index contributed by atoms with van der Waals surface area (Å²) in [6.07, 6.45) is -10.4. The summed E-state index contributed by atoms with van der Waals surface area (Å²) in [4.78, 5) is 0. The smallest absolute Gasteiger partial charge is 0.429 e. The van der Waals surface area contributed by atoms with Gasteiger partial charge in [-0.05, 0) is 69.6 Å². The van der Waals surface area contributed by atoms with Crippen molar-refractivity contribution in [3.05, 3.63) is 105 Å². The zero-order valence-electron chi connectivity index (χ0n) is 18.8. The summed E-state index contributed by atoms with van der Waals surface area (Å²) in [7, 11) is 0. The van der Waals surface area contributed by atoms with E-state index in [9.17, 15) is 43.9 Å². The lowest BCUT2D eigenvalue weighted by atomic mass is 9.98. The van der Waals surface area contributed by atoms with Crippen LogP contribution in [-0.2, 0) is 6.11 Å². The van der Waals surface area contributed by atoms with Crippen molar-refractivity contribution < 1.29 is 53.4 Å². The lowest BCUT2D eigenvalue weighted by Gasteiger charge is -2.20. The van der Waals surface area contributed by atoms with Crippen LogP contribution in [0.2, 0.25) is 0 Å². The van der Waals surface area contributed by atoms with Gasteiger partial charge < -0.3 is 9.47 Å². The van der Waals surface area contributed by atoms with Gasteiger partial charge in [-0.25, -0.2) is 22.0 Å². The van der Waals surface area contributed by atoms with E-state index < -0.39 is 64.2 Å². The second-order valence-electron chi connectivity index (χ2n) is 7.90. The van der Waals surface area contributed by atoms with E-state index in [1.165, 1.54) is 12.1 Å². The van der Waals surface area contributed by atoms with E-state index >= 15 is 0 Å². The zero-order valence-corrected chi connectivity index (χ0v) is 21.0. The highest BCUT2D eigenvalue weighted by atomic mass is 127. The molecule has 0 saturated heterocycles. The highest BCUT2D eigenvalue weighted by molar-refractivity contribution is 14.1. The van der Waals surface area contributed by atoms with Crippen molar-refractivity contribution in [1.82, 2.24) is 0 Å². The minimum Gasteiger partial charge on any atom is -0.429 e. The van der Waals surface area contributed by atoms with E-state index in [1.54, 1.807) is 24.3 Å². The van der Waals surface area contributed by atoms with Gasteiger partial charge in [-0.3, -0.25) is 0 Å². The summed E-state index contributed by atoms with van der Waals surface area (Å²) < 4.78 is 146. The molecule has 0 aliphatic rings. The Morgan fingerprint density at radius 2 is 1.05 bits per heavy atom. The predicted octanol–water partition coefficient (Wildman–Crippen LogP) is 9.35. The van der Waals surface area contributed by atoms with Gasteiger partial charge in [0.15, 0.2) is 11.6 Å². The Balaban J connectivity index is 1.63. The number of hydrogen-bond donors (Lipinski definition) is 0. The Labute approximate surface area is 226 Å². The quantitative estimate of drug-likeness (QED) is 0.150. The molecule has 0 amide bonds. The van der Waals surface area contributed by atoms with E-state index in [1.807, 2.05) is 0 Å². The molecule has 0 aromatic heterocycles. The lowest BCUT2D eigenvalue weighted by molar-refractivity contribution is -0.276. The van der Waals surface area contributed by atoms with Gasteiger partial charge in [0.2, 0.25) is 5.75 Å². The van der Waals surface area contributed by atoms with Gasteiger partial charge in [-0.15, -0.1) is 13.2 Å². The van der Waals surface area contributed by atoms with Crippen molar-refractivity contribution >= 4 is 22.6 Å². The summed E-state index contributed by atoms with van der Waals surface area (Å²) in [5, 5.41) is 0. The average molecular weight is 672 g/mol. The third-order valence-corrected chi connectivity index (χ3v) is 5.95. The highest BCUT2D eigenvalue weighted by Crippen LogP contribution is 2.40. The first-order chi connectivity index (χ1) is 18.1. The van der Waals surface area contributed by atoms with Crippen molar-refractivity contribution in [3.63, 3.8) is 0 Å². The van der Waals surface area contributed by atoms with Gasteiger partial charge >= 0.3 is 12.5 Å². The molecule has 4 rings (SSSR count). The van der Waals surface area contributed by atoms with E-state index in [0.29, 0.717) is 23.3 Å². The van der Waals surface area contributed by atoms with Gasteiger partial charge in [0.1, 0.15) is 28.8 Å². The van der Waals surface area contributed by atoms with Crippen molar-refractivity contribution in [1.29, 1.82) is 0 Å². The van der Waals surface area contributed by atoms with Crippen LogP contribution in [0.3, 0.4) is 0 Å². The van der Waals surface area contributed by atoms with Gasteiger partial charge in [0, 0.05) is 21.3 Å². The normalized spacial score (nSPS) is 12.0. The van der Waals surface area contributed by atoms with Gasteiger partial charge in [-0.2, -0.15) is 8.78 Å². The van der Waals surface area contributed by atoms with Gasteiger partial charge in [0.25, 0.3) is 0 Å². The van der Waals surface area contributed by atoms with Crippen LogP contribution in [0, 0.1) is 32.7 Å². The molecule has 0 saturated carbocycles. The fourth-order valence-corrected chi connectivity index (χ4v) is 3.95. The zero-order chi connectivity index (χ0) is 28.7. The lowest BCUT2D eigenvalue weighted by Crippen LogP contribution is -2.25. The summed E-state index contributed by atoms with van der Waals surface area (Å²) in [6, 6.07) is 11.4. The predicted molar refractivity (Wildman–Crippen MR) is 127 cm³/mol. The molecule has 0 heterocycles. The maximum atomic E-state index is 14.8. The van der Waals surface area contributed by atoms with Crippen LogP contribution in [0.25, 0.3) is 22.3 Å². The highest BCUT2D eigenvalue weighted by Gasteiger charge is 2.42. The molecule has 0 radical (unpaired) electrons. The molecular formula is C26H11F10IO2. The molecule has 4 aromatic rings. The SMILES string of the molecule is Fc1cc(-c2ccc(I)cc2)ccc1-c1cc(F)c(C(F)(F)Oc2cc(F)c(OC(F)(F)F)c(F)c2)c(F)c1. The van der Waals surface area contributed by atoms with E-state index in [4.69, 9.17) is 0 Å². The molecule has 204 valence electrons. The van der Waals surface area contributed by atoms with Crippen LogP contribution >= 0.6 is 22.6 Å². The van der Waals surface area contributed by atoms with Crippen LogP contribution in [-0.4, -0.2) is 6.36 Å². The minimum absolute atomic E-state index is 0.0905. The fraction of sp³-hybridized carbons (Fsp3) is 0.0769. The number of ether oxygens (including phenoxy) is 2. The molecule has 39 heavy (non-hydrogen) atoms. The Morgan fingerprint density at radius 3 is 1.56 bits per heavy atom. The number of hydrogen-bond acceptors (Lipinski definition) is 2. The molecule has 0 aliphatic carbocycles. The largest absolute Gasteiger partial charge is 0.573 e. The van der Waals surface area contributed by atoms with Crippen molar-refractivity contribution in [2.24, 2.45) is 0 Å². The molecule has 0 atom stereocenters. The van der Waals surface area contributed by atoms with E-state index in [-0.39, 0.29) is 17.7 Å². The van der Waals surface area contributed by atoms with Crippen molar-refractivity contribution in [3.8, 4) is 33.8 Å². The molecule has 0 fully saturated rings. The van der Waals surface area contributed by atoms with Crippen LogP contribution in [0.5, 0.6) is 11.5 Å². The van der Waals surface area contributed by atoms with Crippen LogP contribution < -0.4 is 9.47 Å². The monoisotopic (exact) mass is 672 g/mol. The van der Waals surface area contributed by atoms with E-state index in [2.05, 4.69) is 32.1 Å². The van der Waals surface area contributed by atoms with Crippen LogP contribution in [0.4, 0.5) is 43.9 Å². The Bertz CT molecular complexity index is 1490. The number of benzene rings is 4. The standard InChI is InChI=1S/C26H11F10IO2/c27-18-7-13(12-1-4-15(37)5-2-12)3-6-17(18)14-8-19(28)23(20(29)9-14)25(32,33)38-16-10-21(30)24(22(31)11-16)39-26(34,35)36/h1-11H. The molecule has 2 nitrogen and oxygen atoms in total. The third kappa shape index (κ3) is 6.40. The number of rotatable bonds is 6. The molecular weight excluding hydrogens is 661 g/mol. The topological polar surface area (TPSA) is 18.5 Å². The molecule has 0 N–H and O–H groups in total. The summed E-state index contributed by atoms with van der Waals surface area (Å²) in [6.45, 7) is 0. The number of alkyl halides is 5. The first-order valence-electron chi connectivity index (χ1n) is 10.5. The van der Waals surface area contributed by atoms with Gasteiger partial charge in [0.05, 0.1) is 0 Å². The van der Waals surface area contributed by atoms with Crippen molar-refractivity contribution in [2.75, 3.05) is 0 Å². The molecule has 0 bridgehead atoms. The van der Waals surface area contributed by atoms with Crippen LogP contribution in [0.15, 0.2) is 66.7 Å². The molecule has 13 heteroatoms. The fourth-order valence-electron chi connectivity index (χ4n) is 3.59. The first kappa shape index (κ1) is 28.5. The second kappa shape index (κ2) is 10.6. The maximum Gasteiger partial charge on any atom is 0.573 e. The van der Waals surface area contributed by atoms with E-state index in [0.717, 1.165) is 9.64 Å². The molecule has 0 spiro atoms. The second-order valence-corrected chi connectivity index (χ2v) is 9.14. The minimum atomic E-state index is -5.50. The Morgan fingerprint density at radius 1 is 0.538 bits per heavy atom. The number of halogens is 11. The Kier molecular flexibility index (Phi) is 7.74. The maximum absolute atomic E-state index is 14.8. The molecule has 4 aromatic carbocycles. The van der Waals surface area contributed by atoms with Crippen LogP contribution in [0.1, 0.15) is 5.56 Å². The Hall–Kier alpha value is -3.49. The first-order valence-corrected chi connectivity index (χ1v) is 11.6. The van der Waals surface area contributed by atoms with Crippen molar-refractivity contribution in [2.45, 2.75) is 12.5 Å². The summed E-state index contributed by atoms with van der Waals surface area (Å²) in [5.74, 6) is -12.2. The van der Waals surface area contributed by atoms with Gasteiger partial charge in [-0.1, -0.05) is 24.3 Å². The third-order valence-electron chi connectivity index (χ3n) is 5.23. The molecule has 0 unspecified atom stereocenters. The average Bonchev–Trinajstić information content (AvgIpc) is 2.80. The summed E-state index contributed by atoms with van der Waals surface area (Å²) >= 11 is 2.08. The molecule has 0 aliphatic heterocycles.